The Labute approximate surface area is 194 Å². The second-order valence-electron chi connectivity index (χ2n) is 8.07. The minimum Gasteiger partial charge on any atom is -0.350 e. The van der Waals surface area contributed by atoms with Crippen molar-refractivity contribution in [3.05, 3.63) is 70.6 Å². The number of hydrogen-bond acceptors (Lipinski definition) is 3. The summed E-state index contributed by atoms with van der Waals surface area (Å²) in [5.74, 6) is -1.78. The topological polar surface area (TPSA) is 71.4 Å². The predicted octanol–water partition coefficient (Wildman–Crippen LogP) is 3.89. The Morgan fingerprint density at radius 1 is 1.15 bits per heavy atom. The summed E-state index contributed by atoms with van der Waals surface area (Å²) in [4.78, 5) is 39.0. The molecule has 1 aliphatic heterocycles. The number of benzene rings is 2. The van der Waals surface area contributed by atoms with Gasteiger partial charge in [-0.3, -0.25) is 14.4 Å². The number of ketones is 1. The lowest BCUT2D eigenvalue weighted by molar-refractivity contribution is -0.139. The maximum atomic E-state index is 14.2. The highest BCUT2D eigenvalue weighted by Gasteiger charge is 2.39. The van der Waals surface area contributed by atoms with Gasteiger partial charge < -0.3 is 14.8 Å². The van der Waals surface area contributed by atoms with Crippen LogP contribution in [0, 0.1) is 5.82 Å². The van der Waals surface area contributed by atoms with Crippen molar-refractivity contribution in [1.29, 1.82) is 0 Å². The largest absolute Gasteiger partial charge is 0.350 e. The van der Waals surface area contributed by atoms with Crippen LogP contribution < -0.4 is 5.32 Å². The minimum absolute atomic E-state index is 0.0629. The number of amides is 2. The maximum absolute atomic E-state index is 14.2. The molecule has 2 aromatic carbocycles. The van der Waals surface area contributed by atoms with Crippen molar-refractivity contribution in [2.75, 3.05) is 6.54 Å². The summed E-state index contributed by atoms with van der Waals surface area (Å²) in [6.45, 7) is 0.963. The van der Waals surface area contributed by atoms with Crippen LogP contribution >= 0.6 is 11.6 Å². The first kappa shape index (κ1) is 22.9. The van der Waals surface area contributed by atoms with Gasteiger partial charge in [-0.05, 0) is 19.1 Å². The molecule has 0 saturated carbocycles. The van der Waals surface area contributed by atoms with Crippen molar-refractivity contribution >= 4 is 40.1 Å². The molecule has 0 spiro atoms. The SMILES string of the molecule is CC(=O)c1cn(CC(=O)N2C[C@H](F)C[C@@H]2C(=O)NCc2cccc(Cl)c2F)c2ccccc12. The number of carbonyl (C=O) groups is 3. The zero-order valence-corrected chi connectivity index (χ0v) is 18.6. The number of nitrogens with one attached hydrogen (secondary N) is 1. The summed E-state index contributed by atoms with van der Waals surface area (Å²) in [6.07, 6.45) is 0.118. The summed E-state index contributed by atoms with van der Waals surface area (Å²) >= 11 is 5.77. The highest BCUT2D eigenvalue weighted by atomic mass is 35.5. The van der Waals surface area contributed by atoms with Gasteiger partial charge in [-0.15, -0.1) is 0 Å². The lowest BCUT2D eigenvalue weighted by Gasteiger charge is -2.24. The maximum Gasteiger partial charge on any atom is 0.243 e. The normalized spacial score (nSPS) is 18.0. The fourth-order valence-corrected chi connectivity index (χ4v) is 4.38. The van der Waals surface area contributed by atoms with Gasteiger partial charge in [-0.1, -0.05) is 41.9 Å². The number of nitrogens with zero attached hydrogens (tertiary/aromatic N) is 2. The van der Waals surface area contributed by atoms with Gasteiger partial charge in [0, 0.05) is 41.2 Å². The lowest BCUT2D eigenvalue weighted by atomic mass is 10.1. The number of rotatable bonds is 6. The highest BCUT2D eigenvalue weighted by molar-refractivity contribution is 6.30. The quantitative estimate of drug-likeness (QED) is 0.552. The van der Waals surface area contributed by atoms with E-state index in [0.717, 1.165) is 5.39 Å². The van der Waals surface area contributed by atoms with E-state index in [0.29, 0.717) is 11.1 Å². The van der Waals surface area contributed by atoms with E-state index in [1.807, 2.05) is 0 Å². The fraction of sp³-hybridized carbons (Fsp3) is 0.292. The molecule has 2 amide bonds. The van der Waals surface area contributed by atoms with E-state index in [9.17, 15) is 23.2 Å². The van der Waals surface area contributed by atoms with E-state index in [2.05, 4.69) is 5.32 Å². The van der Waals surface area contributed by atoms with Crippen LogP contribution in [0.3, 0.4) is 0 Å². The number of carbonyl (C=O) groups excluding carboxylic acids is 3. The molecule has 0 bridgehead atoms. The molecule has 9 heteroatoms. The number of likely N-dealkylation sites (tertiary alicyclic amines) is 1. The number of fused-ring (bicyclic) bond motifs is 1. The number of Topliss-reactive ketones (excluding diaryl/α,β-unsaturated/α-hetero) is 1. The molecule has 1 N–H and O–H groups in total. The first-order chi connectivity index (χ1) is 15.8. The molecule has 6 nitrogen and oxygen atoms in total. The van der Waals surface area contributed by atoms with Gasteiger partial charge in [0.25, 0.3) is 0 Å². The Morgan fingerprint density at radius 2 is 1.91 bits per heavy atom. The van der Waals surface area contributed by atoms with Gasteiger partial charge in [-0.2, -0.15) is 0 Å². The van der Waals surface area contributed by atoms with Crippen LogP contribution in [0.5, 0.6) is 0 Å². The van der Waals surface area contributed by atoms with Crippen molar-refractivity contribution in [1.82, 2.24) is 14.8 Å². The smallest absolute Gasteiger partial charge is 0.243 e. The number of halogens is 3. The molecule has 3 aromatic rings. The minimum atomic E-state index is -1.35. The molecule has 0 aliphatic carbocycles. The Bertz CT molecular complexity index is 1240. The number of alkyl halides is 1. The molecule has 1 aliphatic rings. The van der Waals surface area contributed by atoms with Crippen LogP contribution in [0.25, 0.3) is 10.9 Å². The van der Waals surface area contributed by atoms with Crippen LogP contribution in [-0.4, -0.2) is 45.8 Å². The van der Waals surface area contributed by atoms with Crippen LogP contribution in [0.1, 0.15) is 29.3 Å². The summed E-state index contributed by atoms with van der Waals surface area (Å²) in [6, 6.07) is 10.6. The van der Waals surface area contributed by atoms with Crippen molar-refractivity contribution < 1.29 is 23.2 Å². The molecule has 0 radical (unpaired) electrons. The van der Waals surface area contributed by atoms with Crippen molar-refractivity contribution in [3.63, 3.8) is 0 Å². The zero-order valence-electron chi connectivity index (χ0n) is 17.9. The third kappa shape index (κ3) is 4.61. The van der Waals surface area contributed by atoms with E-state index < -0.39 is 29.8 Å². The summed E-state index contributed by atoms with van der Waals surface area (Å²) in [7, 11) is 0. The van der Waals surface area contributed by atoms with Gasteiger partial charge in [-0.25, -0.2) is 8.78 Å². The van der Waals surface area contributed by atoms with E-state index in [4.69, 9.17) is 11.6 Å². The molecule has 33 heavy (non-hydrogen) atoms. The van der Waals surface area contributed by atoms with E-state index in [1.54, 1.807) is 41.1 Å². The van der Waals surface area contributed by atoms with E-state index in [1.165, 1.54) is 24.0 Å². The second kappa shape index (κ2) is 9.31. The molecule has 1 aromatic heterocycles. The van der Waals surface area contributed by atoms with Crippen LogP contribution in [0.15, 0.2) is 48.7 Å². The van der Waals surface area contributed by atoms with Gasteiger partial charge in [0.05, 0.1) is 11.6 Å². The number of hydrogen-bond donors (Lipinski definition) is 1. The third-order valence-electron chi connectivity index (χ3n) is 5.83. The molecular weight excluding hydrogens is 452 g/mol. The van der Waals surface area contributed by atoms with Gasteiger partial charge in [0.1, 0.15) is 24.6 Å². The molecule has 2 heterocycles. The number of para-hydroxylation sites is 1. The van der Waals surface area contributed by atoms with Crippen molar-refractivity contribution in [2.45, 2.75) is 38.6 Å². The predicted molar refractivity (Wildman–Crippen MR) is 120 cm³/mol. The second-order valence-corrected chi connectivity index (χ2v) is 8.48. The standard InChI is InChI=1S/C24H22ClF2N3O3/c1-14(31)18-12-29(20-8-3-2-6-17(18)20)13-22(32)30-11-16(26)9-21(30)24(33)28-10-15-5-4-7-19(25)23(15)27/h2-8,12,16,21H,9-11,13H2,1H3,(H,28,33)/t16-,21-/m1/s1. The Kier molecular flexibility index (Phi) is 6.47. The molecule has 172 valence electrons. The fourth-order valence-electron chi connectivity index (χ4n) is 4.19. The number of aromatic nitrogens is 1. The van der Waals surface area contributed by atoms with Crippen molar-refractivity contribution in [2.24, 2.45) is 0 Å². The monoisotopic (exact) mass is 473 g/mol. The Hall–Kier alpha value is -3.26. The zero-order chi connectivity index (χ0) is 23.7. The highest BCUT2D eigenvalue weighted by Crippen LogP contribution is 2.25. The van der Waals surface area contributed by atoms with E-state index >= 15 is 0 Å². The molecule has 2 atom stereocenters. The molecule has 0 unspecified atom stereocenters. The van der Waals surface area contributed by atoms with Gasteiger partial charge in [0.2, 0.25) is 11.8 Å². The van der Waals surface area contributed by atoms with Gasteiger partial charge in [0.15, 0.2) is 5.78 Å². The van der Waals surface area contributed by atoms with Crippen LogP contribution in [0.2, 0.25) is 5.02 Å². The van der Waals surface area contributed by atoms with Crippen LogP contribution in [-0.2, 0) is 22.7 Å². The third-order valence-corrected chi connectivity index (χ3v) is 6.12. The first-order valence-electron chi connectivity index (χ1n) is 10.5. The summed E-state index contributed by atoms with van der Waals surface area (Å²) < 4.78 is 29.9. The lowest BCUT2D eigenvalue weighted by Crippen LogP contribution is -2.46. The molecule has 4 rings (SSSR count). The van der Waals surface area contributed by atoms with Gasteiger partial charge >= 0.3 is 0 Å². The van der Waals surface area contributed by atoms with Crippen molar-refractivity contribution in [3.8, 4) is 0 Å². The first-order valence-corrected chi connectivity index (χ1v) is 10.9. The molecule has 1 fully saturated rings. The summed E-state index contributed by atoms with van der Waals surface area (Å²) in [5.41, 5.74) is 1.38. The van der Waals surface area contributed by atoms with E-state index in [-0.39, 0.29) is 42.4 Å². The Balaban J connectivity index is 1.50. The summed E-state index contributed by atoms with van der Waals surface area (Å²) in [5, 5.41) is 3.24. The molecular formula is C24H22ClF2N3O3. The average Bonchev–Trinajstić information content (AvgIpc) is 3.36. The molecule has 1 saturated heterocycles. The average molecular weight is 474 g/mol. The van der Waals surface area contributed by atoms with Crippen LogP contribution in [0.4, 0.5) is 8.78 Å². The Morgan fingerprint density at radius 3 is 2.67 bits per heavy atom.